The van der Waals surface area contributed by atoms with Crippen LogP contribution in [0.3, 0.4) is 0 Å². The van der Waals surface area contributed by atoms with Gasteiger partial charge in [-0.2, -0.15) is 0 Å². The van der Waals surface area contributed by atoms with E-state index in [0.29, 0.717) is 6.04 Å². The lowest BCUT2D eigenvalue weighted by molar-refractivity contribution is 0.244. The molecule has 4 atom stereocenters. The quantitative estimate of drug-likeness (QED) is 0.868. The molecule has 2 aliphatic carbocycles. The average Bonchev–Trinajstić information content (AvgIpc) is 3.10. The molecule has 2 saturated carbocycles. The van der Waals surface area contributed by atoms with Crippen LogP contribution in [0.2, 0.25) is 0 Å². The number of hydrogen-bond acceptors (Lipinski definition) is 2. The highest BCUT2D eigenvalue weighted by Crippen LogP contribution is 2.52. The van der Waals surface area contributed by atoms with Crippen molar-refractivity contribution in [1.82, 2.24) is 9.55 Å². The highest BCUT2D eigenvalue weighted by Gasteiger charge is 2.42. The van der Waals surface area contributed by atoms with E-state index >= 15 is 0 Å². The highest BCUT2D eigenvalue weighted by molar-refractivity contribution is 5.29. The van der Waals surface area contributed by atoms with Gasteiger partial charge in [0.2, 0.25) is 5.95 Å². The third-order valence-electron chi connectivity index (χ3n) is 5.24. The van der Waals surface area contributed by atoms with Crippen LogP contribution in [0.4, 0.5) is 5.95 Å². The van der Waals surface area contributed by atoms with E-state index in [9.17, 15) is 0 Å². The van der Waals surface area contributed by atoms with Gasteiger partial charge in [-0.15, -0.1) is 0 Å². The molecule has 106 valence electrons. The summed E-state index contributed by atoms with van der Waals surface area (Å²) in [6.07, 6.45) is 9.25. The van der Waals surface area contributed by atoms with Crippen molar-refractivity contribution >= 4 is 5.95 Å². The summed E-state index contributed by atoms with van der Waals surface area (Å²) in [7, 11) is 0. The van der Waals surface area contributed by atoms with Crippen LogP contribution in [0, 0.1) is 24.7 Å². The normalized spacial score (nSPS) is 30.8. The van der Waals surface area contributed by atoms with Crippen molar-refractivity contribution in [2.75, 3.05) is 11.9 Å². The van der Waals surface area contributed by atoms with E-state index in [0.717, 1.165) is 42.4 Å². The molecule has 0 aromatic carbocycles. The number of imidazole rings is 1. The molecular weight excluding hydrogens is 234 g/mol. The summed E-state index contributed by atoms with van der Waals surface area (Å²) in [5.41, 5.74) is 1.13. The first-order valence-electron chi connectivity index (χ1n) is 7.98. The summed E-state index contributed by atoms with van der Waals surface area (Å²) in [4.78, 5) is 4.65. The Morgan fingerprint density at radius 3 is 2.89 bits per heavy atom. The Bertz CT molecular complexity index is 437. The largest absolute Gasteiger partial charge is 0.356 e. The lowest BCUT2D eigenvalue weighted by Crippen LogP contribution is -2.23. The van der Waals surface area contributed by atoms with E-state index in [1.165, 1.54) is 25.7 Å². The van der Waals surface area contributed by atoms with Crippen molar-refractivity contribution in [2.24, 2.45) is 17.8 Å². The van der Waals surface area contributed by atoms with Gasteiger partial charge in [0, 0.05) is 18.8 Å². The van der Waals surface area contributed by atoms with Crippen molar-refractivity contribution in [3.05, 3.63) is 11.9 Å². The molecule has 2 bridgehead atoms. The Morgan fingerprint density at radius 2 is 2.26 bits per heavy atom. The first-order valence-corrected chi connectivity index (χ1v) is 7.98. The van der Waals surface area contributed by atoms with Crippen LogP contribution in [0.1, 0.15) is 57.7 Å². The predicted molar refractivity (Wildman–Crippen MR) is 79.4 cm³/mol. The van der Waals surface area contributed by atoms with Crippen molar-refractivity contribution in [3.63, 3.8) is 0 Å². The van der Waals surface area contributed by atoms with E-state index in [2.05, 4.69) is 41.8 Å². The van der Waals surface area contributed by atoms with Gasteiger partial charge in [-0.05, 0) is 57.3 Å². The molecule has 2 aliphatic rings. The molecule has 0 amide bonds. The summed E-state index contributed by atoms with van der Waals surface area (Å²) < 4.78 is 2.40. The Balaban J connectivity index is 1.77. The number of hydrogen-bond donors (Lipinski definition) is 1. The molecule has 4 unspecified atom stereocenters. The molecule has 2 fully saturated rings. The van der Waals surface area contributed by atoms with E-state index in [-0.39, 0.29) is 0 Å². The summed E-state index contributed by atoms with van der Waals surface area (Å²) in [5, 5.41) is 3.48. The van der Waals surface area contributed by atoms with E-state index in [1.54, 1.807) is 0 Å². The molecule has 1 aromatic heterocycles. The second kappa shape index (κ2) is 5.18. The molecule has 1 aromatic rings. The molecular formula is C16H27N3. The summed E-state index contributed by atoms with van der Waals surface area (Å²) in [5.74, 6) is 3.94. The number of fused-ring (bicyclic) bond motifs is 2. The van der Waals surface area contributed by atoms with E-state index < -0.39 is 0 Å². The molecule has 19 heavy (non-hydrogen) atoms. The third-order valence-corrected chi connectivity index (χ3v) is 5.24. The number of aromatic nitrogens is 2. The number of anilines is 1. The summed E-state index contributed by atoms with van der Waals surface area (Å²) in [6, 6.07) is 0.593. The van der Waals surface area contributed by atoms with E-state index in [4.69, 9.17) is 0 Å². The van der Waals surface area contributed by atoms with Crippen LogP contribution in [0.15, 0.2) is 6.20 Å². The smallest absolute Gasteiger partial charge is 0.203 e. The first-order chi connectivity index (χ1) is 9.19. The summed E-state index contributed by atoms with van der Waals surface area (Å²) in [6.45, 7) is 7.71. The van der Waals surface area contributed by atoms with Gasteiger partial charge in [-0.1, -0.05) is 13.3 Å². The zero-order valence-corrected chi connectivity index (χ0v) is 12.5. The fraction of sp³-hybridized carbons (Fsp3) is 0.812. The van der Waals surface area contributed by atoms with Crippen molar-refractivity contribution in [3.8, 4) is 0 Å². The zero-order valence-electron chi connectivity index (χ0n) is 12.5. The zero-order chi connectivity index (χ0) is 13.4. The SMILES string of the molecule is CCCNc1nc(C)cn1C(C)C1CC2CCC1C2. The molecule has 0 aliphatic heterocycles. The monoisotopic (exact) mass is 261 g/mol. The van der Waals surface area contributed by atoms with Crippen LogP contribution in [0.25, 0.3) is 0 Å². The average molecular weight is 261 g/mol. The lowest BCUT2D eigenvalue weighted by Gasteiger charge is -2.29. The molecule has 1 heterocycles. The highest BCUT2D eigenvalue weighted by atomic mass is 15.2. The molecule has 0 saturated heterocycles. The second-order valence-corrected chi connectivity index (χ2v) is 6.62. The molecule has 0 spiro atoms. The minimum Gasteiger partial charge on any atom is -0.356 e. The Morgan fingerprint density at radius 1 is 1.42 bits per heavy atom. The van der Waals surface area contributed by atoms with Crippen LogP contribution in [-0.2, 0) is 0 Å². The number of nitrogens with zero attached hydrogens (tertiary/aromatic N) is 2. The predicted octanol–water partition coefficient (Wildman–Crippen LogP) is 4.01. The Kier molecular flexibility index (Phi) is 3.55. The van der Waals surface area contributed by atoms with Crippen molar-refractivity contribution in [2.45, 2.75) is 58.9 Å². The minimum absolute atomic E-state index is 0.593. The fourth-order valence-corrected chi connectivity index (χ4v) is 4.29. The van der Waals surface area contributed by atoms with Crippen LogP contribution in [0.5, 0.6) is 0 Å². The standard InChI is InChI=1S/C16H27N3/c1-4-7-17-16-18-11(2)10-19(16)12(3)15-9-13-5-6-14(15)8-13/h10,12-15H,4-9H2,1-3H3,(H,17,18). The van der Waals surface area contributed by atoms with Crippen molar-refractivity contribution < 1.29 is 0 Å². The third kappa shape index (κ3) is 2.39. The topological polar surface area (TPSA) is 29.9 Å². The van der Waals surface area contributed by atoms with Gasteiger partial charge in [0.1, 0.15) is 0 Å². The summed E-state index contributed by atoms with van der Waals surface area (Å²) >= 11 is 0. The van der Waals surface area contributed by atoms with Gasteiger partial charge < -0.3 is 9.88 Å². The van der Waals surface area contributed by atoms with Crippen molar-refractivity contribution in [1.29, 1.82) is 0 Å². The van der Waals surface area contributed by atoms with Gasteiger partial charge in [0.25, 0.3) is 0 Å². The van der Waals surface area contributed by atoms with Crippen LogP contribution >= 0.6 is 0 Å². The molecule has 3 nitrogen and oxygen atoms in total. The Hall–Kier alpha value is -0.990. The number of aryl methyl sites for hydroxylation is 1. The maximum Gasteiger partial charge on any atom is 0.203 e. The van der Waals surface area contributed by atoms with Gasteiger partial charge in [0.15, 0.2) is 0 Å². The van der Waals surface area contributed by atoms with Gasteiger partial charge in [0.05, 0.1) is 5.69 Å². The number of rotatable bonds is 5. The molecule has 1 N–H and O–H groups in total. The molecule has 3 rings (SSSR count). The maximum absolute atomic E-state index is 4.65. The second-order valence-electron chi connectivity index (χ2n) is 6.62. The van der Waals surface area contributed by atoms with Crippen LogP contribution < -0.4 is 5.32 Å². The Labute approximate surface area is 116 Å². The van der Waals surface area contributed by atoms with Gasteiger partial charge >= 0.3 is 0 Å². The number of nitrogens with one attached hydrogen (secondary N) is 1. The minimum atomic E-state index is 0.593. The molecule has 3 heteroatoms. The fourth-order valence-electron chi connectivity index (χ4n) is 4.29. The van der Waals surface area contributed by atoms with E-state index in [1.807, 2.05) is 0 Å². The van der Waals surface area contributed by atoms with Crippen LogP contribution in [-0.4, -0.2) is 16.1 Å². The van der Waals surface area contributed by atoms with Gasteiger partial charge in [-0.25, -0.2) is 4.98 Å². The molecule has 0 radical (unpaired) electrons. The lowest BCUT2D eigenvalue weighted by atomic mass is 9.84. The van der Waals surface area contributed by atoms with Gasteiger partial charge in [-0.3, -0.25) is 0 Å². The first kappa shape index (κ1) is 13.0. The maximum atomic E-state index is 4.65.